The third kappa shape index (κ3) is 2.99. The second-order valence-corrected chi connectivity index (χ2v) is 8.19. The summed E-state index contributed by atoms with van der Waals surface area (Å²) in [6.07, 6.45) is 9.26. The van der Waals surface area contributed by atoms with Crippen molar-refractivity contribution in [1.82, 2.24) is 24.1 Å². The van der Waals surface area contributed by atoms with Gasteiger partial charge in [-0.2, -0.15) is 0 Å². The smallest absolute Gasteiger partial charge is 0.263 e. The van der Waals surface area contributed by atoms with E-state index >= 15 is 0 Å². The van der Waals surface area contributed by atoms with E-state index in [1.54, 1.807) is 18.0 Å². The summed E-state index contributed by atoms with van der Waals surface area (Å²) < 4.78 is 3.94. The van der Waals surface area contributed by atoms with Crippen LogP contribution in [0, 0.1) is 0 Å². The van der Waals surface area contributed by atoms with E-state index in [1.807, 2.05) is 45.5 Å². The molecule has 3 aromatic heterocycles. The Morgan fingerprint density at radius 1 is 1.04 bits per heavy atom. The van der Waals surface area contributed by atoms with Gasteiger partial charge in [0.25, 0.3) is 5.56 Å². The Morgan fingerprint density at radius 2 is 1.89 bits per heavy atom. The lowest BCUT2D eigenvalue weighted by atomic mass is 9.95. The van der Waals surface area contributed by atoms with Gasteiger partial charge in [0.15, 0.2) is 5.16 Å². The molecule has 142 valence electrons. The van der Waals surface area contributed by atoms with Crippen molar-refractivity contribution in [1.29, 1.82) is 0 Å². The first-order valence-corrected chi connectivity index (χ1v) is 10.7. The third-order valence-electron chi connectivity index (χ3n) is 5.46. The number of fused-ring (bicyclic) bond motifs is 3. The molecule has 0 spiro atoms. The molecule has 28 heavy (non-hydrogen) atoms. The van der Waals surface area contributed by atoms with E-state index in [0.717, 1.165) is 53.1 Å². The minimum atomic E-state index is 0.0474. The summed E-state index contributed by atoms with van der Waals surface area (Å²) in [4.78, 5) is 17.5. The molecule has 7 heteroatoms. The van der Waals surface area contributed by atoms with Gasteiger partial charge in [0.1, 0.15) is 0 Å². The highest BCUT2D eigenvalue weighted by Gasteiger charge is 2.23. The van der Waals surface area contributed by atoms with Crippen LogP contribution in [0.1, 0.15) is 43.7 Å². The van der Waals surface area contributed by atoms with Crippen molar-refractivity contribution in [2.24, 2.45) is 0 Å². The molecule has 1 fully saturated rings. The number of hydrogen-bond donors (Lipinski definition) is 0. The molecule has 5 rings (SSSR count). The van der Waals surface area contributed by atoms with Crippen LogP contribution in [0.3, 0.4) is 0 Å². The Hall–Kier alpha value is -2.67. The molecule has 4 aromatic rings. The topological polar surface area (TPSA) is 65.1 Å². The number of thioether (sulfide) groups is 1. The molecule has 1 aliphatic rings. The van der Waals surface area contributed by atoms with E-state index < -0.39 is 0 Å². The number of para-hydroxylation sites is 1. The fourth-order valence-electron chi connectivity index (χ4n) is 4.09. The van der Waals surface area contributed by atoms with E-state index in [1.165, 1.54) is 6.42 Å². The summed E-state index contributed by atoms with van der Waals surface area (Å²) in [6.45, 7) is 0. The maximum Gasteiger partial charge on any atom is 0.263 e. The SMILES string of the molecule is O=c1c2ccccc2n2c(SCc3cccnc3)nnc2n1C1CCCCC1. The normalized spacial score (nSPS) is 15.4. The third-order valence-corrected chi connectivity index (χ3v) is 6.46. The monoisotopic (exact) mass is 391 g/mol. The fourth-order valence-corrected chi connectivity index (χ4v) is 4.97. The summed E-state index contributed by atoms with van der Waals surface area (Å²) in [6, 6.07) is 12.0. The van der Waals surface area contributed by atoms with Crippen molar-refractivity contribution >= 4 is 28.4 Å². The highest BCUT2D eigenvalue weighted by molar-refractivity contribution is 7.98. The lowest BCUT2D eigenvalue weighted by Gasteiger charge is -2.24. The molecule has 6 nitrogen and oxygen atoms in total. The summed E-state index contributed by atoms with van der Waals surface area (Å²) in [5.41, 5.74) is 2.05. The van der Waals surface area contributed by atoms with Gasteiger partial charge in [-0.25, -0.2) is 0 Å². The standard InChI is InChI=1S/C21H21N5OS/c27-19-17-10-4-5-11-18(17)26-20(25(19)16-8-2-1-3-9-16)23-24-21(26)28-14-15-7-6-12-22-13-15/h4-7,10-13,16H,1-3,8-9,14H2. The highest BCUT2D eigenvalue weighted by atomic mass is 32.2. The summed E-state index contributed by atoms with van der Waals surface area (Å²) in [5.74, 6) is 1.41. The van der Waals surface area contributed by atoms with E-state index in [-0.39, 0.29) is 11.6 Å². The van der Waals surface area contributed by atoms with E-state index in [0.29, 0.717) is 5.78 Å². The molecule has 0 N–H and O–H groups in total. The molecule has 0 unspecified atom stereocenters. The number of benzene rings is 1. The van der Waals surface area contributed by atoms with Crippen molar-refractivity contribution in [2.75, 3.05) is 0 Å². The average molecular weight is 392 g/mol. The van der Waals surface area contributed by atoms with Gasteiger partial charge >= 0.3 is 0 Å². The molecular weight excluding hydrogens is 370 g/mol. The maximum absolute atomic E-state index is 13.3. The Morgan fingerprint density at radius 3 is 2.71 bits per heavy atom. The number of pyridine rings is 1. The predicted molar refractivity (Wildman–Crippen MR) is 111 cm³/mol. The second-order valence-electron chi connectivity index (χ2n) is 7.25. The number of nitrogens with zero attached hydrogens (tertiary/aromatic N) is 5. The molecule has 3 heterocycles. The van der Waals surface area contributed by atoms with Crippen LogP contribution in [0.2, 0.25) is 0 Å². The minimum absolute atomic E-state index is 0.0474. The maximum atomic E-state index is 13.3. The van der Waals surface area contributed by atoms with Crippen LogP contribution in [0.15, 0.2) is 58.7 Å². The lowest BCUT2D eigenvalue weighted by molar-refractivity contribution is 0.351. The van der Waals surface area contributed by atoms with E-state index in [2.05, 4.69) is 21.2 Å². The van der Waals surface area contributed by atoms with Crippen LogP contribution in [0.25, 0.3) is 16.7 Å². The molecule has 0 radical (unpaired) electrons. The van der Waals surface area contributed by atoms with Gasteiger partial charge in [0.05, 0.1) is 10.9 Å². The Labute approximate surface area is 166 Å². The zero-order chi connectivity index (χ0) is 18.9. The van der Waals surface area contributed by atoms with Crippen LogP contribution in [0.5, 0.6) is 0 Å². The summed E-state index contributed by atoms with van der Waals surface area (Å²) in [7, 11) is 0. The van der Waals surface area contributed by atoms with Gasteiger partial charge in [0.2, 0.25) is 5.78 Å². The first kappa shape index (κ1) is 17.4. The fraction of sp³-hybridized carbons (Fsp3) is 0.333. The zero-order valence-corrected chi connectivity index (χ0v) is 16.3. The minimum Gasteiger partial charge on any atom is -0.273 e. The van der Waals surface area contributed by atoms with Crippen LogP contribution >= 0.6 is 11.8 Å². The van der Waals surface area contributed by atoms with Gasteiger partial charge in [-0.1, -0.05) is 49.2 Å². The van der Waals surface area contributed by atoms with E-state index in [9.17, 15) is 4.79 Å². The van der Waals surface area contributed by atoms with Crippen molar-refractivity contribution < 1.29 is 0 Å². The Kier molecular flexibility index (Phi) is 4.60. The quantitative estimate of drug-likeness (QED) is 0.487. The Bertz CT molecular complexity index is 1180. The van der Waals surface area contributed by atoms with Crippen LogP contribution in [-0.2, 0) is 5.75 Å². The molecule has 1 saturated carbocycles. The number of rotatable bonds is 4. The molecule has 0 bridgehead atoms. The molecule has 0 atom stereocenters. The van der Waals surface area contributed by atoms with Crippen molar-refractivity contribution in [3.8, 4) is 0 Å². The first-order chi connectivity index (χ1) is 13.8. The van der Waals surface area contributed by atoms with Crippen LogP contribution in [0.4, 0.5) is 0 Å². The van der Waals surface area contributed by atoms with Gasteiger partial charge in [0, 0.05) is 24.2 Å². The Balaban J connectivity index is 1.67. The summed E-state index contributed by atoms with van der Waals surface area (Å²) >= 11 is 1.62. The first-order valence-electron chi connectivity index (χ1n) is 9.73. The van der Waals surface area contributed by atoms with Crippen LogP contribution < -0.4 is 5.56 Å². The second kappa shape index (κ2) is 7.39. The highest BCUT2D eigenvalue weighted by Crippen LogP contribution is 2.30. The zero-order valence-electron chi connectivity index (χ0n) is 15.5. The molecule has 1 aromatic carbocycles. The van der Waals surface area contributed by atoms with Gasteiger partial charge in [-0.05, 0) is 36.6 Å². The average Bonchev–Trinajstić information content (AvgIpc) is 3.18. The molecular formula is C21H21N5OS. The van der Waals surface area contributed by atoms with Gasteiger partial charge in [-0.3, -0.25) is 18.7 Å². The van der Waals surface area contributed by atoms with Crippen LogP contribution in [-0.4, -0.2) is 24.1 Å². The molecule has 0 saturated heterocycles. The van der Waals surface area contributed by atoms with E-state index in [4.69, 9.17) is 0 Å². The molecule has 1 aliphatic carbocycles. The number of aromatic nitrogens is 5. The molecule has 0 amide bonds. The number of hydrogen-bond acceptors (Lipinski definition) is 5. The summed E-state index contributed by atoms with van der Waals surface area (Å²) in [5, 5.41) is 10.4. The lowest BCUT2D eigenvalue weighted by Crippen LogP contribution is -2.28. The predicted octanol–water partition coefficient (Wildman–Crippen LogP) is 4.24. The van der Waals surface area contributed by atoms with Gasteiger partial charge < -0.3 is 0 Å². The molecule has 0 aliphatic heterocycles. The van der Waals surface area contributed by atoms with Gasteiger partial charge in [-0.15, -0.1) is 10.2 Å². The van der Waals surface area contributed by atoms with Crippen molar-refractivity contribution in [2.45, 2.75) is 49.1 Å². The van der Waals surface area contributed by atoms with Crippen molar-refractivity contribution in [3.63, 3.8) is 0 Å². The van der Waals surface area contributed by atoms with Crippen molar-refractivity contribution in [3.05, 3.63) is 64.7 Å². The largest absolute Gasteiger partial charge is 0.273 e.